The number of hydrogen-bond acceptors (Lipinski definition) is 5. The van der Waals surface area contributed by atoms with E-state index in [-0.39, 0.29) is 18.1 Å². The number of aromatic nitrogens is 2. The number of aliphatic hydroxyl groups excluding tert-OH is 1. The molecule has 0 radical (unpaired) electrons. The van der Waals surface area contributed by atoms with Gasteiger partial charge in [-0.15, -0.1) is 0 Å². The first-order chi connectivity index (χ1) is 12.7. The fourth-order valence-electron chi connectivity index (χ4n) is 3.06. The second-order valence-electron chi connectivity index (χ2n) is 6.08. The molecular weight excluding hydrogens is 334 g/mol. The van der Waals surface area contributed by atoms with Crippen LogP contribution in [0.3, 0.4) is 0 Å². The van der Waals surface area contributed by atoms with Crippen LogP contribution in [0.2, 0.25) is 0 Å². The second kappa shape index (κ2) is 6.61. The largest absolute Gasteiger partial charge is 0.491 e. The Morgan fingerprint density at radius 1 is 1.27 bits per heavy atom. The van der Waals surface area contributed by atoms with Crippen molar-refractivity contribution in [1.29, 1.82) is 0 Å². The topological polar surface area (TPSA) is 84.1 Å². The Balaban J connectivity index is 1.70. The van der Waals surface area contributed by atoms with E-state index in [1.165, 1.54) is 10.6 Å². The number of nitrogens with zero attached hydrogens (tertiary/aromatic N) is 3. The first-order valence-electron chi connectivity index (χ1n) is 8.28. The molecule has 7 heteroatoms. The van der Waals surface area contributed by atoms with Crippen molar-refractivity contribution < 1.29 is 14.6 Å². The van der Waals surface area contributed by atoms with E-state index >= 15 is 0 Å². The lowest BCUT2D eigenvalue weighted by Crippen LogP contribution is -2.36. The predicted octanol–water partition coefficient (Wildman–Crippen LogP) is 1.22. The molecule has 0 atom stereocenters. The van der Waals surface area contributed by atoms with E-state index in [1.807, 2.05) is 6.07 Å². The third kappa shape index (κ3) is 2.82. The Labute approximate surface area is 149 Å². The number of hydrogen-bond donors (Lipinski definition) is 1. The molecule has 1 aliphatic rings. The van der Waals surface area contributed by atoms with Crippen LogP contribution in [-0.4, -0.2) is 38.4 Å². The monoisotopic (exact) mass is 351 g/mol. The number of carbonyl (C=O) groups excluding carboxylic acids is 1. The molecule has 7 nitrogen and oxygen atoms in total. The molecule has 2 aromatic heterocycles. The van der Waals surface area contributed by atoms with Gasteiger partial charge in [0, 0.05) is 24.5 Å². The zero-order valence-corrected chi connectivity index (χ0v) is 14.0. The number of pyridine rings is 1. The maximum Gasteiger partial charge on any atom is 0.270 e. The first kappa shape index (κ1) is 16.3. The van der Waals surface area contributed by atoms with Crippen LogP contribution >= 0.6 is 0 Å². The summed E-state index contributed by atoms with van der Waals surface area (Å²) in [6, 6.07) is 10.6. The summed E-state index contributed by atoms with van der Waals surface area (Å²) in [4.78, 5) is 31.4. The highest BCUT2D eigenvalue weighted by Crippen LogP contribution is 2.25. The summed E-state index contributed by atoms with van der Waals surface area (Å²) in [5, 5.41) is 9.33. The highest BCUT2D eigenvalue weighted by atomic mass is 16.5. The highest BCUT2D eigenvalue weighted by Gasteiger charge is 2.24. The summed E-state index contributed by atoms with van der Waals surface area (Å²) in [5.74, 6) is 0.303. The summed E-state index contributed by atoms with van der Waals surface area (Å²) in [7, 11) is 0. The van der Waals surface area contributed by atoms with Crippen LogP contribution in [0.1, 0.15) is 21.5 Å². The molecule has 0 saturated heterocycles. The van der Waals surface area contributed by atoms with E-state index in [0.29, 0.717) is 31.1 Å². The van der Waals surface area contributed by atoms with E-state index in [0.717, 1.165) is 11.1 Å². The van der Waals surface area contributed by atoms with Crippen LogP contribution in [0.15, 0.2) is 53.6 Å². The van der Waals surface area contributed by atoms with Crippen LogP contribution in [0, 0.1) is 0 Å². The van der Waals surface area contributed by atoms with Crippen LogP contribution < -0.4 is 10.3 Å². The molecule has 1 aliphatic heterocycles. The summed E-state index contributed by atoms with van der Waals surface area (Å²) < 4.78 is 7.05. The quantitative estimate of drug-likeness (QED) is 0.751. The molecule has 0 fully saturated rings. The SMILES string of the molecule is O=C(c1cnc2ccccn2c1=O)N1CCOc2ccc(CO)cc2C1. The molecule has 1 aromatic carbocycles. The normalized spacial score (nSPS) is 13.8. The van der Waals surface area contributed by atoms with Gasteiger partial charge in [0.15, 0.2) is 0 Å². The molecule has 0 spiro atoms. The molecule has 0 aliphatic carbocycles. The van der Waals surface area contributed by atoms with Crippen LogP contribution in [0.25, 0.3) is 5.65 Å². The second-order valence-corrected chi connectivity index (χ2v) is 6.08. The van der Waals surface area contributed by atoms with Crippen molar-refractivity contribution in [2.75, 3.05) is 13.2 Å². The van der Waals surface area contributed by atoms with Crippen molar-refractivity contribution in [3.8, 4) is 5.75 Å². The van der Waals surface area contributed by atoms with Gasteiger partial charge in [-0.05, 0) is 29.8 Å². The molecular formula is C19H17N3O4. The zero-order valence-electron chi connectivity index (χ0n) is 14.0. The third-order valence-electron chi connectivity index (χ3n) is 4.42. The molecule has 4 rings (SSSR count). The Hall–Kier alpha value is -3.19. The molecule has 3 aromatic rings. The molecule has 1 N–H and O–H groups in total. The number of fused-ring (bicyclic) bond motifs is 2. The number of aliphatic hydroxyl groups is 1. The lowest BCUT2D eigenvalue weighted by atomic mass is 10.1. The Morgan fingerprint density at radius 2 is 2.15 bits per heavy atom. The van der Waals surface area contributed by atoms with E-state index in [2.05, 4.69) is 4.98 Å². The Bertz CT molecular complexity index is 1040. The van der Waals surface area contributed by atoms with Gasteiger partial charge in [-0.1, -0.05) is 12.1 Å². The van der Waals surface area contributed by atoms with Gasteiger partial charge in [0.05, 0.1) is 13.2 Å². The number of amides is 1. The van der Waals surface area contributed by atoms with Gasteiger partial charge in [-0.25, -0.2) is 4.98 Å². The zero-order chi connectivity index (χ0) is 18.1. The molecule has 0 unspecified atom stereocenters. The fourth-order valence-corrected chi connectivity index (χ4v) is 3.06. The number of benzene rings is 1. The number of ether oxygens (including phenoxy) is 1. The average molecular weight is 351 g/mol. The molecule has 132 valence electrons. The minimum atomic E-state index is -0.393. The van der Waals surface area contributed by atoms with Gasteiger partial charge >= 0.3 is 0 Å². The van der Waals surface area contributed by atoms with E-state index in [9.17, 15) is 14.7 Å². The van der Waals surface area contributed by atoms with Crippen molar-refractivity contribution in [1.82, 2.24) is 14.3 Å². The van der Waals surface area contributed by atoms with Crippen molar-refractivity contribution in [3.05, 3.63) is 75.8 Å². The summed E-state index contributed by atoms with van der Waals surface area (Å²) in [6.45, 7) is 0.911. The van der Waals surface area contributed by atoms with Crippen molar-refractivity contribution in [3.63, 3.8) is 0 Å². The van der Waals surface area contributed by atoms with Crippen molar-refractivity contribution >= 4 is 11.6 Å². The highest BCUT2D eigenvalue weighted by molar-refractivity contribution is 5.93. The maximum absolute atomic E-state index is 12.9. The summed E-state index contributed by atoms with van der Waals surface area (Å²) in [5.41, 5.74) is 1.67. The smallest absolute Gasteiger partial charge is 0.270 e. The van der Waals surface area contributed by atoms with E-state index in [1.54, 1.807) is 41.4 Å². The minimum absolute atomic E-state index is 0.0236. The summed E-state index contributed by atoms with van der Waals surface area (Å²) >= 11 is 0. The molecule has 0 bridgehead atoms. The van der Waals surface area contributed by atoms with Crippen molar-refractivity contribution in [2.45, 2.75) is 13.2 Å². The van der Waals surface area contributed by atoms with E-state index in [4.69, 9.17) is 4.74 Å². The average Bonchev–Trinajstić information content (AvgIpc) is 2.89. The lowest BCUT2D eigenvalue weighted by molar-refractivity contribution is 0.0731. The van der Waals surface area contributed by atoms with Crippen LogP contribution in [0.5, 0.6) is 5.75 Å². The molecule has 26 heavy (non-hydrogen) atoms. The van der Waals surface area contributed by atoms with Gasteiger partial charge in [-0.2, -0.15) is 0 Å². The van der Waals surface area contributed by atoms with Gasteiger partial charge in [-0.3, -0.25) is 14.0 Å². The number of rotatable bonds is 2. The van der Waals surface area contributed by atoms with Gasteiger partial charge in [0.1, 0.15) is 23.6 Å². The van der Waals surface area contributed by atoms with Gasteiger partial charge in [0.25, 0.3) is 11.5 Å². The number of carbonyl (C=O) groups is 1. The Morgan fingerprint density at radius 3 is 3.00 bits per heavy atom. The Kier molecular flexibility index (Phi) is 4.14. The predicted molar refractivity (Wildman–Crippen MR) is 94.1 cm³/mol. The van der Waals surface area contributed by atoms with Gasteiger partial charge in [0.2, 0.25) is 0 Å². The van der Waals surface area contributed by atoms with Crippen LogP contribution in [-0.2, 0) is 13.2 Å². The maximum atomic E-state index is 12.9. The molecule has 1 amide bonds. The third-order valence-corrected chi connectivity index (χ3v) is 4.42. The molecule has 3 heterocycles. The molecule has 0 saturated carbocycles. The van der Waals surface area contributed by atoms with E-state index < -0.39 is 5.56 Å². The van der Waals surface area contributed by atoms with Crippen LogP contribution in [0.4, 0.5) is 0 Å². The standard InChI is InChI=1S/C19H17N3O4/c23-12-13-4-5-16-14(9-13)11-21(7-8-26-16)18(24)15-10-20-17-3-1-2-6-22(17)19(15)25/h1-6,9-10,23H,7-8,11-12H2. The summed E-state index contributed by atoms with van der Waals surface area (Å²) in [6.07, 6.45) is 2.92. The lowest BCUT2D eigenvalue weighted by Gasteiger charge is -2.19. The first-order valence-corrected chi connectivity index (χ1v) is 8.28. The van der Waals surface area contributed by atoms with Crippen molar-refractivity contribution in [2.24, 2.45) is 0 Å². The minimum Gasteiger partial charge on any atom is -0.491 e. The fraction of sp³-hybridized carbons (Fsp3) is 0.211. The van der Waals surface area contributed by atoms with Gasteiger partial charge < -0.3 is 14.7 Å².